The summed E-state index contributed by atoms with van der Waals surface area (Å²) in [4.78, 5) is 28.1. The van der Waals surface area contributed by atoms with Gasteiger partial charge in [0, 0.05) is 22.7 Å². The van der Waals surface area contributed by atoms with Crippen LogP contribution in [0.3, 0.4) is 0 Å². The number of benzene rings is 3. The highest BCUT2D eigenvalue weighted by molar-refractivity contribution is 7.92. The van der Waals surface area contributed by atoms with Gasteiger partial charge in [-0.05, 0) is 76.2 Å². The molecule has 0 saturated heterocycles. The van der Waals surface area contributed by atoms with Gasteiger partial charge >= 0.3 is 0 Å². The quantitative estimate of drug-likeness (QED) is 0.358. The van der Waals surface area contributed by atoms with Crippen molar-refractivity contribution in [1.29, 1.82) is 0 Å². The first kappa shape index (κ1) is 30.9. The normalized spacial score (nSPS) is 12.4. The van der Waals surface area contributed by atoms with Crippen LogP contribution in [0.1, 0.15) is 33.3 Å². The van der Waals surface area contributed by atoms with E-state index < -0.39 is 45.8 Å². The molecule has 11 heteroatoms. The van der Waals surface area contributed by atoms with Gasteiger partial charge in [0.2, 0.25) is 11.8 Å². The molecule has 3 rings (SSSR count). The maximum atomic E-state index is 14.6. The molecule has 0 aromatic heterocycles. The number of hydrogen-bond acceptors (Lipinski definition) is 5. The first-order chi connectivity index (χ1) is 18.7. The van der Waals surface area contributed by atoms with E-state index in [1.807, 2.05) is 0 Å². The van der Waals surface area contributed by atoms with E-state index in [2.05, 4.69) is 5.32 Å². The number of carbonyl (C=O) groups is 2. The summed E-state index contributed by atoms with van der Waals surface area (Å²) in [6.07, 6.45) is 0. The lowest BCUT2D eigenvalue weighted by molar-refractivity contribution is -0.140. The number of sulfonamides is 1. The van der Waals surface area contributed by atoms with Crippen LogP contribution in [0.4, 0.5) is 10.1 Å². The zero-order chi connectivity index (χ0) is 29.7. The Kier molecular flexibility index (Phi) is 9.81. The second-order valence-corrected chi connectivity index (χ2v) is 12.5. The van der Waals surface area contributed by atoms with Crippen molar-refractivity contribution >= 4 is 39.1 Å². The van der Waals surface area contributed by atoms with E-state index in [0.717, 1.165) is 4.31 Å². The molecule has 2 amide bonds. The number of nitrogens with one attached hydrogen (secondary N) is 1. The maximum Gasteiger partial charge on any atom is 0.264 e. The molecule has 1 N–H and O–H groups in total. The van der Waals surface area contributed by atoms with Gasteiger partial charge in [-0.25, -0.2) is 12.8 Å². The largest absolute Gasteiger partial charge is 0.497 e. The molecule has 1 atom stereocenters. The van der Waals surface area contributed by atoms with Crippen molar-refractivity contribution in [3.63, 3.8) is 0 Å². The number of hydrogen-bond donors (Lipinski definition) is 1. The van der Waals surface area contributed by atoms with E-state index in [0.29, 0.717) is 5.75 Å². The number of methoxy groups -OCH3 is 1. The highest BCUT2D eigenvalue weighted by atomic mass is 35.5. The molecule has 8 nitrogen and oxygen atoms in total. The van der Waals surface area contributed by atoms with E-state index >= 15 is 0 Å². The Hall–Kier alpha value is -3.63. The van der Waals surface area contributed by atoms with Crippen molar-refractivity contribution in [3.8, 4) is 5.75 Å². The third-order valence-corrected chi connectivity index (χ3v) is 8.01. The summed E-state index contributed by atoms with van der Waals surface area (Å²) in [5.74, 6) is -1.28. The molecule has 0 aliphatic carbocycles. The van der Waals surface area contributed by atoms with Crippen molar-refractivity contribution in [2.45, 2.75) is 50.7 Å². The first-order valence-corrected chi connectivity index (χ1v) is 14.3. The van der Waals surface area contributed by atoms with Gasteiger partial charge in [0.05, 0.1) is 17.7 Å². The molecule has 0 unspecified atom stereocenters. The smallest absolute Gasteiger partial charge is 0.264 e. The Morgan fingerprint density at radius 3 is 2.25 bits per heavy atom. The second-order valence-electron chi connectivity index (χ2n) is 10.2. The van der Waals surface area contributed by atoms with Crippen LogP contribution in [0.25, 0.3) is 0 Å². The molecule has 0 aliphatic heterocycles. The average molecular weight is 590 g/mol. The lowest BCUT2D eigenvalue weighted by Crippen LogP contribution is -2.54. The summed E-state index contributed by atoms with van der Waals surface area (Å²) < 4.78 is 48.4. The minimum absolute atomic E-state index is 0.0831. The molecule has 0 aliphatic rings. The van der Waals surface area contributed by atoms with E-state index in [4.69, 9.17) is 16.3 Å². The van der Waals surface area contributed by atoms with Crippen molar-refractivity contribution in [1.82, 2.24) is 10.2 Å². The van der Waals surface area contributed by atoms with Crippen LogP contribution in [0.5, 0.6) is 5.75 Å². The highest BCUT2D eigenvalue weighted by Gasteiger charge is 2.33. The number of amides is 2. The predicted octanol–water partition coefficient (Wildman–Crippen LogP) is 5.02. The minimum atomic E-state index is -4.28. The van der Waals surface area contributed by atoms with E-state index in [1.54, 1.807) is 39.0 Å². The van der Waals surface area contributed by atoms with Crippen LogP contribution >= 0.6 is 11.6 Å². The fourth-order valence-electron chi connectivity index (χ4n) is 3.90. The number of nitrogens with zero attached hydrogens (tertiary/aromatic N) is 2. The standard InChI is InChI=1S/C29H33ClFN3O5S/c1-20(28(36)32-29(2,3)4)33(18-21-9-6-7-12-26(21)31)27(35)19-34(23-11-8-10-22(30)17-23)40(37,38)25-15-13-24(39-5)14-16-25/h6-17,20H,18-19H2,1-5H3,(H,32,36)/t20-/m0/s1. The van der Waals surface area contributed by atoms with E-state index in [1.165, 1.54) is 73.5 Å². The van der Waals surface area contributed by atoms with E-state index in [-0.39, 0.29) is 27.7 Å². The number of rotatable bonds is 10. The molecule has 3 aromatic carbocycles. The van der Waals surface area contributed by atoms with Crippen molar-refractivity contribution in [3.05, 3.63) is 89.2 Å². The van der Waals surface area contributed by atoms with Crippen LogP contribution < -0.4 is 14.4 Å². The van der Waals surface area contributed by atoms with Gasteiger partial charge in [0.25, 0.3) is 10.0 Å². The topological polar surface area (TPSA) is 96.0 Å². The summed E-state index contributed by atoms with van der Waals surface area (Å²) >= 11 is 6.17. The summed E-state index contributed by atoms with van der Waals surface area (Å²) in [7, 11) is -2.82. The van der Waals surface area contributed by atoms with Gasteiger partial charge in [-0.3, -0.25) is 13.9 Å². The third kappa shape index (κ3) is 7.73. The number of anilines is 1. The summed E-state index contributed by atoms with van der Waals surface area (Å²) in [5.41, 5.74) is -0.268. The summed E-state index contributed by atoms with van der Waals surface area (Å²) in [6.45, 7) is 5.98. The highest BCUT2D eigenvalue weighted by Crippen LogP contribution is 2.28. The zero-order valence-electron chi connectivity index (χ0n) is 23.0. The molecule has 0 fully saturated rings. The first-order valence-electron chi connectivity index (χ1n) is 12.5. The van der Waals surface area contributed by atoms with Crippen molar-refractivity contribution < 1.29 is 27.1 Å². The molecule has 0 heterocycles. The van der Waals surface area contributed by atoms with Crippen LogP contribution in [0, 0.1) is 5.82 Å². The van der Waals surface area contributed by atoms with Crippen LogP contribution in [-0.4, -0.2) is 50.4 Å². The second kappa shape index (κ2) is 12.7. The third-order valence-electron chi connectivity index (χ3n) is 5.99. The Bertz CT molecular complexity index is 1460. The Labute approximate surface area is 239 Å². The summed E-state index contributed by atoms with van der Waals surface area (Å²) in [5, 5.41) is 3.09. The van der Waals surface area contributed by atoms with Gasteiger partial charge in [0.15, 0.2) is 0 Å². The summed E-state index contributed by atoms with van der Waals surface area (Å²) in [6, 6.07) is 16.7. The van der Waals surface area contributed by atoms with Crippen molar-refractivity contribution in [2.24, 2.45) is 0 Å². The molecule has 3 aromatic rings. The molecule has 0 saturated carbocycles. The molecule has 214 valence electrons. The molecular weight excluding hydrogens is 557 g/mol. The molecule has 40 heavy (non-hydrogen) atoms. The van der Waals surface area contributed by atoms with Crippen molar-refractivity contribution in [2.75, 3.05) is 18.0 Å². The van der Waals surface area contributed by atoms with Crippen LogP contribution in [0.15, 0.2) is 77.7 Å². The SMILES string of the molecule is COc1ccc(S(=O)(=O)N(CC(=O)N(Cc2ccccc2F)[C@@H](C)C(=O)NC(C)(C)C)c2cccc(Cl)c2)cc1. The van der Waals surface area contributed by atoms with Crippen LogP contribution in [-0.2, 0) is 26.2 Å². The molecule has 0 bridgehead atoms. The van der Waals surface area contributed by atoms with Gasteiger partial charge in [-0.2, -0.15) is 0 Å². The van der Waals surface area contributed by atoms with Gasteiger partial charge in [-0.1, -0.05) is 35.9 Å². The molecular formula is C29H33ClFN3O5S. The monoisotopic (exact) mass is 589 g/mol. The Morgan fingerprint density at radius 2 is 1.68 bits per heavy atom. The lowest BCUT2D eigenvalue weighted by Gasteiger charge is -2.33. The zero-order valence-corrected chi connectivity index (χ0v) is 24.6. The Morgan fingerprint density at radius 1 is 1.02 bits per heavy atom. The lowest BCUT2D eigenvalue weighted by atomic mass is 10.1. The van der Waals surface area contributed by atoms with Gasteiger partial charge in [0.1, 0.15) is 24.2 Å². The average Bonchev–Trinajstić information content (AvgIpc) is 2.89. The predicted molar refractivity (Wildman–Crippen MR) is 153 cm³/mol. The minimum Gasteiger partial charge on any atom is -0.497 e. The molecule has 0 spiro atoms. The maximum absolute atomic E-state index is 14.6. The molecule has 0 radical (unpaired) electrons. The fraction of sp³-hybridized carbons (Fsp3) is 0.310. The van der Waals surface area contributed by atoms with Crippen LogP contribution in [0.2, 0.25) is 5.02 Å². The number of halogens is 2. The fourth-order valence-corrected chi connectivity index (χ4v) is 5.49. The van der Waals surface area contributed by atoms with Gasteiger partial charge in [-0.15, -0.1) is 0 Å². The number of carbonyl (C=O) groups excluding carboxylic acids is 2. The van der Waals surface area contributed by atoms with E-state index in [9.17, 15) is 22.4 Å². The van der Waals surface area contributed by atoms with Gasteiger partial charge < -0.3 is 15.0 Å². The number of ether oxygens (including phenoxy) is 1. The Balaban J connectivity index is 2.05.